The fourth-order valence-electron chi connectivity index (χ4n) is 8.83. The molecule has 0 fully saturated rings. The third-order valence-corrected chi connectivity index (χ3v) is 12.2. The molecule has 0 saturated heterocycles. The Labute approximate surface area is 395 Å². The van der Waals surface area contributed by atoms with E-state index in [-0.39, 0.29) is 37.6 Å². The molecule has 5 nitrogen and oxygen atoms in total. The van der Waals surface area contributed by atoms with Gasteiger partial charge in [0.25, 0.3) is 0 Å². The number of hydrogen-bond acceptors (Lipinski definition) is 4. The minimum Gasteiger partial charge on any atom is -0.507 e. The van der Waals surface area contributed by atoms with Crippen LogP contribution in [0.5, 0.6) is 5.75 Å². The normalized spacial score (nSPS) is 11.8. The van der Waals surface area contributed by atoms with Gasteiger partial charge in [-0.15, -0.1) is 24.3 Å². The second-order valence-corrected chi connectivity index (χ2v) is 18.6. The molecule has 0 amide bonds. The van der Waals surface area contributed by atoms with Crippen molar-refractivity contribution in [3.8, 4) is 78.7 Å². The Morgan fingerprint density at radius 2 is 1.08 bits per heavy atom. The molecular weight excluding hydrogens is 976 g/mol. The monoisotopic (exact) mass is 1020 g/mol. The topological polar surface area (TPSA) is 63.8 Å². The molecule has 65 heavy (non-hydrogen) atoms. The molecule has 10 aromatic rings. The molecule has 0 bridgehead atoms. The molecule has 0 aliphatic rings. The molecular formula is C59H49N4OPt-. The van der Waals surface area contributed by atoms with E-state index in [0.717, 1.165) is 83.5 Å². The van der Waals surface area contributed by atoms with Crippen molar-refractivity contribution in [2.24, 2.45) is 0 Å². The van der Waals surface area contributed by atoms with Crippen LogP contribution in [0, 0.1) is 6.07 Å². The molecule has 4 aromatic heterocycles. The van der Waals surface area contributed by atoms with Crippen LogP contribution >= 0.6 is 0 Å². The van der Waals surface area contributed by atoms with Crippen LogP contribution in [0.4, 0.5) is 0 Å². The van der Waals surface area contributed by atoms with Crippen molar-refractivity contribution in [1.82, 2.24) is 19.5 Å². The quantitative estimate of drug-likeness (QED) is 0.162. The molecule has 322 valence electrons. The largest absolute Gasteiger partial charge is 0.507 e. The van der Waals surface area contributed by atoms with E-state index < -0.39 is 0 Å². The number of aromatic hydroxyl groups is 1. The van der Waals surface area contributed by atoms with E-state index in [1.165, 1.54) is 11.1 Å². The van der Waals surface area contributed by atoms with Gasteiger partial charge in [-0.1, -0.05) is 150 Å². The number of phenolic OH excluding ortho intramolecular Hbond substituents is 1. The van der Waals surface area contributed by atoms with Crippen LogP contribution in [0.25, 0.3) is 94.8 Å². The summed E-state index contributed by atoms with van der Waals surface area (Å²) in [7, 11) is 0. The smallest absolute Gasteiger partial charge is 0.124 e. The standard InChI is InChI=1S/C59H49N4O.Pt/c1-58(2,3)42-33-40(34-43(37-42)59(4,5)6)41-35-50(62-51(36-41)47-21-9-12-29-55(47)64)38-18-15-19-39(32-38)57-45(24-17-31-61-57)44-23-16-28-54-56(44)48-22-8-11-27-53(48)63(54)52-26-10-7-20-46(52)49-25-13-14-30-60-49;/h7-31,33-37,64H,1-6H3;/q-1;. The molecule has 6 heteroatoms. The van der Waals surface area contributed by atoms with Crippen molar-refractivity contribution < 1.29 is 26.2 Å². The zero-order chi connectivity index (χ0) is 44.2. The fourth-order valence-corrected chi connectivity index (χ4v) is 8.83. The number of hydrogen-bond donors (Lipinski definition) is 1. The van der Waals surface area contributed by atoms with Gasteiger partial charge >= 0.3 is 0 Å². The van der Waals surface area contributed by atoms with Crippen molar-refractivity contribution in [3.63, 3.8) is 0 Å². The number of aromatic nitrogens is 4. The molecule has 0 atom stereocenters. The van der Waals surface area contributed by atoms with Crippen molar-refractivity contribution in [1.29, 1.82) is 0 Å². The molecule has 4 heterocycles. The van der Waals surface area contributed by atoms with Gasteiger partial charge in [-0.2, -0.15) is 0 Å². The number of pyridine rings is 3. The number of phenols is 1. The van der Waals surface area contributed by atoms with Gasteiger partial charge in [-0.3, -0.25) is 15.0 Å². The van der Waals surface area contributed by atoms with Crippen molar-refractivity contribution in [2.45, 2.75) is 52.4 Å². The maximum atomic E-state index is 11.1. The maximum absolute atomic E-state index is 11.1. The summed E-state index contributed by atoms with van der Waals surface area (Å²) >= 11 is 0. The number of benzene rings is 6. The SMILES string of the molecule is CC(C)(C)c1cc(-c2cc(-c3[c-]c(-c4ncccc4-c4cccc5c4c4ccccc4n5-c4ccccc4-c4ccccn4)ccc3)nc(-c3ccccc3O)c2)cc(C(C)(C)C)c1.[Pt]. The average Bonchev–Trinajstić information content (AvgIpc) is 3.66. The number of para-hydroxylation sites is 3. The van der Waals surface area contributed by atoms with E-state index in [1.807, 2.05) is 48.8 Å². The third kappa shape index (κ3) is 8.22. The minimum atomic E-state index is -0.0573. The molecule has 0 aliphatic carbocycles. The average molecular weight is 1030 g/mol. The van der Waals surface area contributed by atoms with E-state index >= 15 is 0 Å². The molecule has 0 saturated carbocycles. The van der Waals surface area contributed by atoms with Crippen LogP contribution in [0.3, 0.4) is 0 Å². The van der Waals surface area contributed by atoms with Gasteiger partial charge in [0.1, 0.15) is 5.75 Å². The first-order valence-electron chi connectivity index (χ1n) is 21.9. The van der Waals surface area contributed by atoms with Gasteiger partial charge in [0.2, 0.25) is 0 Å². The van der Waals surface area contributed by atoms with Crippen LogP contribution in [-0.2, 0) is 31.9 Å². The van der Waals surface area contributed by atoms with Gasteiger partial charge < -0.3 is 9.67 Å². The Bertz CT molecular complexity index is 3340. The van der Waals surface area contributed by atoms with Gasteiger partial charge in [0, 0.05) is 66.7 Å². The molecule has 0 aliphatic heterocycles. The van der Waals surface area contributed by atoms with E-state index in [4.69, 9.17) is 15.0 Å². The van der Waals surface area contributed by atoms with E-state index in [1.54, 1.807) is 6.07 Å². The summed E-state index contributed by atoms with van der Waals surface area (Å²) in [5.41, 5.74) is 16.5. The molecule has 10 rings (SSSR count). The van der Waals surface area contributed by atoms with Gasteiger partial charge in [0.15, 0.2) is 0 Å². The van der Waals surface area contributed by atoms with Crippen molar-refractivity contribution >= 4 is 21.8 Å². The Balaban J connectivity index is 0.00000533. The molecule has 0 unspecified atom stereocenters. The summed E-state index contributed by atoms with van der Waals surface area (Å²) in [5, 5.41) is 13.4. The fraction of sp³-hybridized carbons (Fsp3) is 0.136. The van der Waals surface area contributed by atoms with Crippen LogP contribution in [-0.4, -0.2) is 24.6 Å². The van der Waals surface area contributed by atoms with Gasteiger partial charge in [-0.25, -0.2) is 0 Å². The molecule has 0 radical (unpaired) electrons. The first kappa shape index (κ1) is 43.3. The van der Waals surface area contributed by atoms with Gasteiger partial charge in [0.05, 0.1) is 28.1 Å². The summed E-state index contributed by atoms with van der Waals surface area (Å²) < 4.78 is 2.36. The van der Waals surface area contributed by atoms with E-state index in [0.29, 0.717) is 11.3 Å². The zero-order valence-corrected chi connectivity index (χ0v) is 39.6. The first-order valence-corrected chi connectivity index (χ1v) is 21.9. The Kier molecular flexibility index (Phi) is 11.5. The molecule has 0 spiro atoms. The third-order valence-electron chi connectivity index (χ3n) is 12.2. The Morgan fingerprint density at radius 1 is 0.477 bits per heavy atom. The predicted octanol–water partition coefficient (Wildman–Crippen LogP) is 15.1. The summed E-state index contributed by atoms with van der Waals surface area (Å²) in [6, 6.07) is 62.5. The first-order chi connectivity index (χ1) is 30.9. The van der Waals surface area contributed by atoms with Crippen molar-refractivity contribution in [2.75, 3.05) is 0 Å². The Morgan fingerprint density at radius 3 is 1.83 bits per heavy atom. The van der Waals surface area contributed by atoms with E-state index in [2.05, 4.69) is 180 Å². The van der Waals surface area contributed by atoms with E-state index in [9.17, 15) is 5.11 Å². The van der Waals surface area contributed by atoms with Crippen LogP contribution in [0.15, 0.2) is 182 Å². The number of nitrogens with zero attached hydrogens (tertiary/aromatic N) is 4. The summed E-state index contributed by atoms with van der Waals surface area (Å²) in [6.07, 6.45) is 3.70. The summed E-state index contributed by atoms with van der Waals surface area (Å²) in [5.74, 6) is 0.184. The maximum Gasteiger partial charge on any atom is 0.124 e. The second kappa shape index (κ2) is 17.2. The van der Waals surface area contributed by atoms with Crippen LogP contribution < -0.4 is 0 Å². The number of rotatable bonds is 7. The van der Waals surface area contributed by atoms with Crippen molar-refractivity contribution in [3.05, 3.63) is 199 Å². The second-order valence-electron chi connectivity index (χ2n) is 18.6. The zero-order valence-electron chi connectivity index (χ0n) is 37.4. The molecule has 1 N–H and O–H groups in total. The summed E-state index contributed by atoms with van der Waals surface area (Å²) in [6.45, 7) is 13.6. The van der Waals surface area contributed by atoms with Gasteiger partial charge in [-0.05, 0) is 98.8 Å². The number of fused-ring (bicyclic) bond motifs is 3. The Hall–Kier alpha value is -6.94. The van der Waals surface area contributed by atoms with Crippen LogP contribution in [0.1, 0.15) is 52.7 Å². The summed E-state index contributed by atoms with van der Waals surface area (Å²) in [4.78, 5) is 15.1. The molecule has 6 aromatic carbocycles. The predicted molar refractivity (Wildman–Crippen MR) is 265 cm³/mol. The minimum absolute atomic E-state index is 0. The van der Waals surface area contributed by atoms with Crippen LogP contribution in [0.2, 0.25) is 0 Å².